The van der Waals surface area contributed by atoms with Crippen molar-refractivity contribution in [1.29, 1.82) is 0 Å². The molecule has 2 N–H and O–H groups in total. The van der Waals surface area contributed by atoms with Crippen molar-refractivity contribution < 1.29 is 27.9 Å². The number of anilines is 1. The number of hydrogen-bond acceptors (Lipinski definition) is 6. The number of amides is 1. The van der Waals surface area contributed by atoms with Gasteiger partial charge >= 0.3 is 12.1 Å². The van der Waals surface area contributed by atoms with Gasteiger partial charge < -0.3 is 15.3 Å². The van der Waals surface area contributed by atoms with Crippen LogP contribution >= 0.6 is 11.3 Å². The van der Waals surface area contributed by atoms with E-state index >= 15 is 0 Å². The van der Waals surface area contributed by atoms with Crippen LogP contribution in [0.4, 0.5) is 18.9 Å². The number of rotatable bonds is 8. The SMILES string of the molecule is Cc1cc(C2CCN(C(=O)C3CC3)CC2)ccc1NCc1c(C)csc1-c1cccc(-n2ncc(C(=O)O)c2C(F)(F)F)n1. The van der Waals surface area contributed by atoms with Crippen LogP contribution in [0.1, 0.15) is 69.9 Å². The summed E-state index contributed by atoms with van der Waals surface area (Å²) in [6.07, 6.45) is -0.243. The van der Waals surface area contributed by atoms with Crippen molar-refractivity contribution in [2.75, 3.05) is 18.4 Å². The van der Waals surface area contributed by atoms with Gasteiger partial charge in [0.25, 0.3) is 0 Å². The van der Waals surface area contributed by atoms with Crippen LogP contribution in [0.3, 0.4) is 0 Å². The summed E-state index contributed by atoms with van der Waals surface area (Å²) < 4.78 is 41.9. The number of aryl methyl sites for hydroxylation is 2. The van der Waals surface area contributed by atoms with Crippen LogP contribution in [0.15, 0.2) is 48.0 Å². The van der Waals surface area contributed by atoms with E-state index in [0.717, 1.165) is 66.0 Å². The fourth-order valence-electron chi connectivity index (χ4n) is 5.87. The summed E-state index contributed by atoms with van der Waals surface area (Å²) in [6.45, 7) is 6.15. The number of thiophene rings is 1. The lowest BCUT2D eigenvalue weighted by molar-refractivity contribution is -0.143. The first-order valence-corrected chi connectivity index (χ1v) is 15.5. The molecule has 6 rings (SSSR count). The minimum absolute atomic E-state index is 0.124. The number of aromatic carboxylic acids is 1. The molecule has 1 aliphatic carbocycles. The lowest BCUT2D eigenvalue weighted by atomic mass is 9.88. The van der Waals surface area contributed by atoms with Gasteiger partial charge in [0.15, 0.2) is 11.5 Å². The topological polar surface area (TPSA) is 100 Å². The van der Waals surface area contributed by atoms with E-state index in [2.05, 4.69) is 40.5 Å². The molecule has 1 amide bonds. The first-order chi connectivity index (χ1) is 21.0. The molecule has 4 heterocycles. The van der Waals surface area contributed by atoms with Crippen LogP contribution in [0.5, 0.6) is 0 Å². The van der Waals surface area contributed by atoms with Crippen LogP contribution in [0.25, 0.3) is 16.4 Å². The van der Waals surface area contributed by atoms with Crippen LogP contribution in [-0.2, 0) is 17.5 Å². The third-order valence-corrected chi connectivity index (χ3v) is 9.63. The number of carbonyl (C=O) groups is 2. The van der Waals surface area contributed by atoms with Gasteiger partial charge in [-0.05, 0) is 91.3 Å². The molecule has 0 radical (unpaired) electrons. The van der Waals surface area contributed by atoms with Gasteiger partial charge in [-0.1, -0.05) is 18.2 Å². The highest BCUT2D eigenvalue weighted by Gasteiger charge is 2.41. The van der Waals surface area contributed by atoms with Gasteiger partial charge in [-0.15, -0.1) is 11.3 Å². The number of alkyl halides is 3. The Labute approximate surface area is 256 Å². The number of carboxylic acid groups (broad SMARTS) is 1. The maximum Gasteiger partial charge on any atom is 0.434 e. The van der Waals surface area contributed by atoms with Crippen molar-refractivity contribution in [3.63, 3.8) is 0 Å². The zero-order chi connectivity index (χ0) is 31.2. The van der Waals surface area contributed by atoms with E-state index in [1.807, 2.05) is 17.2 Å². The van der Waals surface area contributed by atoms with Crippen LogP contribution < -0.4 is 5.32 Å². The van der Waals surface area contributed by atoms with Crippen LogP contribution in [0, 0.1) is 19.8 Å². The number of likely N-dealkylation sites (tertiary alicyclic amines) is 1. The number of nitrogens with zero attached hydrogens (tertiary/aromatic N) is 4. The molecule has 4 aromatic rings. The number of halogens is 3. The average Bonchev–Trinajstić information content (AvgIpc) is 3.63. The van der Waals surface area contributed by atoms with Gasteiger partial charge in [0, 0.05) is 31.2 Å². The van der Waals surface area contributed by atoms with Crippen molar-refractivity contribution in [2.45, 2.75) is 58.2 Å². The molecule has 0 bridgehead atoms. The summed E-state index contributed by atoms with van der Waals surface area (Å²) in [7, 11) is 0. The average molecular weight is 624 g/mol. The van der Waals surface area contributed by atoms with Gasteiger partial charge in [0.1, 0.15) is 5.56 Å². The monoisotopic (exact) mass is 623 g/mol. The predicted molar refractivity (Wildman–Crippen MR) is 161 cm³/mol. The molecule has 12 heteroatoms. The molecule has 2 aliphatic rings. The second-order valence-corrected chi connectivity index (χ2v) is 12.4. The summed E-state index contributed by atoms with van der Waals surface area (Å²) in [5, 5.41) is 18.5. The zero-order valence-electron chi connectivity index (χ0n) is 24.3. The number of benzene rings is 1. The highest BCUT2D eigenvalue weighted by Crippen LogP contribution is 2.37. The molecule has 1 aliphatic heterocycles. The number of piperidine rings is 1. The summed E-state index contributed by atoms with van der Waals surface area (Å²) in [4.78, 5) is 31.1. The largest absolute Gasteiger partial charge is 0.478 e. The molecule has 0 atom stereocenters. The molecule has 2 fully saturated rings. The standard InChI is InChI=1S/C32H32F3N5O3S/c1-18-14-22(20-10-12-39(13-11-20)30(41)21-6-7-21)8-9-25(18)36-15-23-19(2)17-44-28(23)26-4-3-5-27(38-26)40-29(32(33,34)35)24(16-37-40)31(42)43/h3-5,8-9,14,16-17,20-21,36H,6-7,10-13,15H2,1-2H3,(H,42,43). The Morgan fingerprint density at radius 2 is 1.82 bits per heavy atom. The van der Waals surface area contributed by atoms with Gasteiger partial charge in [-0.3, -0.25) is 4.79 Å². The van der Waals surface area contributed by atoms with Crippen molar-refractivity contribution in [3.05, 3.63) is 81.5 Å². The lowest BCUT2D eigenvalue weighted by Gasteiger charge is -2.32. The summed E-state index contributed by atoms with van der Waals surface area (Å²) >= 11 is 1.44. The summed E-state index contributed by atoms with van der Waals surface area (Å²) in [5.74, 6) is -0.826. The van der Waals surface area contributed by atoms with Gasteiger partial charge in [0.05, 0.1) is 16.8 Å². The predicted octanol–water partition coefficient (Wildman–Crippen LogP) is 7.06. The molecule has 1 saturated carbocycles. The van der Waals surface area contributed by atoms with E-state index in [9.17, 15) is 27.9 Å². The Hall–Kier alpha value is -4.19. The van der Waals surface area contributed by atoms with E-state index in [4.69, 9.17) is 0 Å². The maximum absolute atomic E-state index is 13.8. The minimum atomic E-state index is -4.93. The van der Waals surface area contributed by atoms with Crippen molar-refractivity contribution >= 4 is 28.9 Å². The number of nitrogens with one attached hydrogen (secondary N) is 1. The number of carboxylic acids is 1. The molecule has 0 unspecified atom stereocenters. The third-order valence-electron chi connectivity index (χ3n) is 8.47. The molecular weight excluding hydrogens is 591 g/mol. The van der Waals surface area contributed by atoms with Crippen LogP contribution in [0.2, 0.25) is 0 Å². The van der Waals surface area contributed by atoms with Crippen LogP contribution in [-0.4, -0.2) is 49.7 Å². The van der Waals surface area contributed by atoms with E-state index in [1.165, 1.54) is 23.0 Å². The molecule has 0 spiro atoms. The molecule has 8 nitrogen and oxygen atoms in total. The Bertz CT molecular complexity index is 1720. The Kier molecular flexibility index (Phi) is 7.95. The highest BCUT2D eigenvalue weighted by molar-refractivity contribution is 7.13. The number of carbonyl (C=O) groups excluding carboxylic acids is 1. The molecule has 3 aromatic heterocycles. The quantitative estimate of drug-likeness (QED) is 0.218. The Morgan fingerprint density at radius 1 is 1.07 bits per heavy atom. The molecule has 230 valence electrons. The van der Waals surface area contributed by atoms with Crippen molar-refractivity contribution in [2.24, 2.45) is 5.92 Å². The minimum Gasteiger partial charge on any atom is -0.478 e. The highest BCUT2D eigenvalue weighted by atomic mass is 32.1. The van der Waals surface area contributed by atoms with Gasteiger partial charge in [-0.2, -0.15) is 18.3 Å². The fourth-order valence-corrected chi connectivity index (χ4v) is 6.91. The number of pyridine rings is 1. The normalized spacial score (nSPS) is 15.9. The summed E-state index contributed by atoms with van der Waals surface area (Å²) in [5.41, 5.74) is 3.53. The second kappa shape index (κ2) is 11.7. The fraction of sp³-hybridized carbons (Fsp3) is 0.375. The smallest absolute Gasteiger partial charge is 0.434 e. The van der Waals surface area contributed by atoms with E-state index in [1.54, 1.807) is 12.1 Å². The van der Waals surface area contributed by atoms with E-state index < -0.39 is 23.4 Å². The third kappa shape index (κ3) is 5.95. The first kappa shape index (κ1) is 29.9. The first-order valence-electron chi connectivity index (χ1n) is 14.6. The Morgan fingerprint density at radius 3 is 2.48 bits per heavy atom. The lowest BCUT2D eigenvalue weighted by Crippen LogP contribution is -2.38. The molecular formula is C32H32F3N5O3S. The molecule has 1 saturated heterocycles. The Balaban J connectivity index is 1.18. The zero-order valence-corrected chi connectivity index (χ0v) is 25.1. The second-order valence-electron chi connectivity index (χ2n) is 11.5. The molecule has 1 aromatic carbocycles. The molecule has 44 heavy (non-hydrogen) atoms. The van der Waals surface area contributed by atoms with Gasteiger partial charge in [0.2, 0.25) is 5.91 Å². The maximum atomic E-state index is 13.8. The van der Waals surface area contributed by atoms with Crippen molar-refractivity contribution in [3.8, 4) is 16.4 Å². The summed E-state index contributed by atoms with van der Waals surface area (Å²) in [6, 6.07) is 11.1. The number of hydrogen-bond donors (Lipinski definition) is 2. The van der Waals surface area contributed by atoms with E-state index in [0.29, 0.717) is 34.9 Å². The van der Waals surface area contributed by atoms with Crippen molar-refractivity contribution in [1.82, 2.24) is 19.7 Å². The number of aromatic nitrogens is 3. The van der Waals surface area contributed by atoms with Gasteiger partial charge in [-0.25, -0.2) is 14.5 Å². The van der Waals surface area contributed by atoms with E-state index in [-0.39, 0.29) is 11.7 Å².